The van der Waals surface area contributed by atoms with Gasteiger partial charge >= 0.3 is 0 Å². The number of nitrogens with zero attached hydrogens (tertiary/aromatic N) is 2. The Hall–Kier alpha value is -2.84. The van der Waals surface area contributed by atoms with Gasteiger partial charge in [-0.15, -0.1) is 0 Å². The van der Waals surface area contributed by atoms with Crippen molar-refractivity contribution in [3.8, 4) is 17.0 Å². The smallest absolute Gasteiger partial charge is 0.240 e. The van der Waals surface area contributed by atoms with Crippen LogP contribution in [-0.4, -0.2) is 25.5 Å². The van der Waals surface area contributed by atoms with Crippen LogP contribution in [0.5, 0.6) is 5.75 Å². The summed E-state index contributed by atoms with van der Waals surface area (Å²) in [6.45, 7) is 0.0154. The lowest BCUT2D eigenvalue weighted by atomic mass is 10.1. The van der Waals surface area contributed by atoms with Gasteiger partial charge in [0, 0.05) is 30.7 Å². The lowest BCUT2D eigenvalue weighted by Gasteiger charge is -2.11. The largest absolute Gasteiger partial charge is 0.494 e. The van der Waals surface area contributed by atoms with Crippen molar-refractivity contribution in [3.05, 3.63) is 72.4 Å². The molecule has 0 amide bonds. The van der Waals surface area contributed by atoms with E-state index in [-0.39, 0.29) is 17.2 Å². The average molecular weight is 373 g/mol. The Morgan fingerprint density at radius 2 is 1.88 bits per heavy atom. The second-order valence-corrected chi connectivity index (χ2v) is 7.13. The van der Waals surface area contributed by atoms with Gasteiger partial charge in [-0.25, -0.2) is 17.5 Å². The summed E-state index contributed by atoms with van der Waals surface area (Å²) in [6, 6.07) is 10.6. The van der Waals surface area contributed by atoms with E-state index in [9.17, 15) is 12.8 Å². The molecule has 0 bridgehead atoms. The van der Waals surface area contributed by atoms with Crippen molar-refractivity contribution < 1.29 is 17.5 Å². The molecule has 0 spiro atoms. The summed E-state index contributed by atoms with van der Waals surface area (Å²) in [5, 5.41) is 0. The van der Waals surface area contributed by atoms with Crippen LogP contribution in [0.25, 0.3) is 11.3 Å². The van der Waals surface area contributed by atoms with Gasteiger partial charge in [-0.2, -0.15) is 0 Å². The van der Waals surface area contributed by atoms with Crippen molar-refractivity contribution in [2.75, 3.05) is 7.11 Å². The molecule has 0 saturated heterocycles. The second kappa shape index (κ2) is 7.59. The summed E-state index contributed by atoms with van der Waals surface area (Å²) in [6.07, 6.45) is 4.91. The summed E-state index contributed by atoms with van der Waals surface area (Å²) in [5.41, 5.74) is 2.17. The highest BCUT2D eigenvalue weighted by Crippen LogP contribution is 2.22. The number of methoxy groups -OCH3 is 1. The third-order valence-electron chi connectivity index (χ3n) is 3.73. The summed E-state index contributed by atoms with van der Waals surface area (Å²) in [7, 11) is -2.58. The molecule has 0 aliphatic carbocycles. The molecule has 0 fully saturated rings. The molecule has 0 saturated carbocycles. The number of ether oxygens (including phenoxy) is 1. The average Bonchev–Trinajstić information content (AvgIpc) is 2.67. The minimum Gasteiger partial charge on any atom is -0.494 e. The highest BCUT2D eigenvalue weighted by Gasteiger charge is 2.17. The van der Waals surface area contributed by atoms with E-state index in [4.69, 9.17) is 4.74 Å². The van der Waals surface area contributed by atoms with Gasteiger partial charge in [-0.05, 0) is 42.0 Å². The van der Waals surface area contributed by atoms with E-state index in [1.54, 1.807) is 42.9 Å². The van der Waals surface area contributed by atoms with Gasteiger partial charge in [0.05, 0.1) is 17.7 Å². The first-order valence-corrected chi connectivity index (χ1v) is 9.17. The van der Waals surface area contributed by atoms with Crippen molar-refractivity contribution >= 4 is 10.0 Å². The van der Waals surface area contributed by atoms with E-state index in [0.717, 1.165) is 11.6 Å². The zero-order valence-electron chi connectivity index (χ0n) is 13.9. The summed E-state index contributed by atoms with van der Waals surface area (Å²) in [4.78, 5) is 8.11. The van der Waals surface area contributed by atoms with E-state index in [1.807, 2.05) is 0 Å². The maximum Gasteiger partial charge on any atom is 0.240 e. The highest BCUT2D eigenvalue weighted by atomic mass is 32.2. The Bertz CT molecular complexity index is 1010. The second-order valence-electron chi connectivity index (χ2n) is 5.37. The minimum absolute atomic E-state index is 0.0154. The van der Waals surface area contributed by atoms with E-state index in [1.165, 1.54) is 19.2 Å². The Morgan fingerprint density at radius 1 is 1.12 bits per heavy atom. The van der Waals surface area contributed by atoms with Crippen LogP contribution in [0.3, 0.4) is 0 Å². The number of nitrogens with one attached hydrogen (secondary N) is 1. The van der Waals surface area contributed by atoms with E-state index >= 15 is 0 Å². The molecule has 3 rings (SSSR count). The molecule has 2 heterocycles. The fraction of sp³-hybridized carbons (Fsp3) is 0.111. The van der Waals surface area contributed by atoms with Gasteiger partial charge in [-0.1, -0.05) is 6.07 Å². The quantitative estimate of drug-likeness (QED) is 0.719. The lowest BCUT2D eigenvalue weighted by Crippen LogP contribution is -2.23. The van der Waals surface area contributed by atoms with Crippen molar-refractivity contribution in [3.63, 3.8) is 0 Å². The Balaban J connectivity index is 1.84. The molecule has 2 aromatic heterocycles. The van der Waals surface area contributed by atoms with Crippen molar-refractivity contribution in [1.82, 2.24) is 14.7 Å². The van der Waals surface area contributed by atoms with Gasteiger partial charge in [0.2, 0.25) is 10.0 Å². The summed E-state index contributed by atoms with van der Waals surface area (Å²) in [5.74, 6) is -0.759. The number of rotatable bonds is 6. The molecule has 134 valence electrons. The number of pyridine rings is 2. The summed E-state index contributed by atoms with van der Waals surface area (Å²) < 4.78 is 46.0. The normalized spacial score (nSPS) is 11.3. The predicted molar refractivity (Wildman–Crippen MR) is 94.4 cm³/mol. The van der Waals surface area contributed by atoms with Gasteiger partial charge in [0.25, 0.3) is 0 Å². The SMILES string of the molecule is COc1ccc(S(=O)(=O)NCc2cccnc2-c2ccncc2)cc1F. The summed E-state index contributed by atoms with van der Waals surface area (Å²) >= 11 is 0. The van der Waals surface area contributed by atoms with Crippen molar-refractivity contribution in [2.24, 2.45) is 0 Å². The number of sulfonamides is 1. The molecule has 0 aliphatic heterocycles. The topological polar surface area (TPSA) is 81.2 Å². The van der Waals surface area contributed by atoms with E-state index in [0.29, 0.717) is 11.3 Å². The first-order valence-electron chi connectivity index (χ1n) is 7.69. The third kappa shape index (κ3) is 3.87. The fourth-order valence-electron chi connectivity index (χ4n) is 2.42. The van der Waals surface area contributed by atoms with Crippen LogP contribution in [0, 0.1) is 5.82 Å². The zero-order chi connectivity index (χ0) is 18.6. The van der Waals surface area contributed by atoms with E-state index in [2.05, 4.69) is 14.7 Å². The number of hydrogen-bond acceptors (Lipinski definition) is 5. The fourth-order valence-corrected chi connectivity index (χ4v) is 3.44. The number of halogens is 1. The van der Waals surface area contributed by atoms with Crippen LogP contribution in [-0.2, 0) is 16.6 Å². The molecule has 8 heteroatoms. The van der Waals surface area contributed by atoms with Crippen molar-refractivity contribution in [2.45, 2.75) is 11.4 Å². The van der Waals surface area contributed by atoms with E-state index < -0.39 is 15.8 Å². The predicted octanol–water partition coefficient (Wildman–Crippen LogP) is 2.77. The monoisotopic (exact) mass is 373 g/mol. The highest BCUT2D eigenvalue weighted by molar-refractivity contribution is 7.89. The molecule has 0 aliphatic rings. The maximum atomic E-state index is 13.8. The van der Waals surface area contributed by atoms with Gasteiger partial charge < -0.3 is 4.74 Å². The molecule has 3 aromatic rings. The molecule has 26 heavy (non-hydrogen) atoms. The van der Waals surface area contributed by atoms with Crippen LogP contribution >= 0.6 is 0 Å². The van der Waals surface area contributed by atoms with Crippen LogP contribution in [0.15, 0.2) is 66.0 Å². The lowest BCUT2D eigenvalue weighted by molar-refractivity contribution is 0.385. The molecule has 6 nitrogen and oxygen atoms in total. The molecule has 1 N–H and O–H groups in total. The number of hydrogen-bond donors (Lipinski definition) is 1. The molecule has 0 unspecified atom stereocenters. The molecular formula is C18H16FN3O3S. The standard InChI is InChI=1S/C18H16FN3O3S/c1-25-17-5-4-15(11-16(17)19)26(23,24)22-12-14-3-2-8-21-18(14)13-6-9-20-10-7-13/h2-11,22H,12H2,1H3. The number of aromatic nitrogens is 2. The molecule has 1 aromatic carbocycles. The van der Waals surface area contributed by atoms with Gasteiger partial charge in [0.15, 0.2) is 11.6 Å². The molecule has 0 atom stereocenters. The van der Waals surface area contributed by atoms with Crippen LogP contribution < -0.4 is 9.46 Å². The molecule has 0 radical (unpaired) electrons. The zero-order valence-corrected chi connectivity index (χ0v) is 14.7. The van der Waals surface area contributed by atoms with Crippen LogP contribution in [0.1, 0.15) is 5.56 Å². The first kappa shape index (κ1) is 18.0. The van der Waals surface area contributed by atoms with Gasteiger partial charge in [0.1, 0.15) is 0 Å². The molecular weight excluding hydrogens is 357 g/mol. The van der Waals surface area contributed by atoms with Gasteiger partial charge in [-0.3, -0.25) is 9.97 Å². The first-order chi connectivity index (χ1) is 12.5. The van der Waals surface area contributed by atoms with Crippen LogP contribution in [0.2, 0.25) is 0 Å². The minimum atomic E-state index is -3.89. The Kier molecular flexibility index (Phi) is 5.24. The maximum absolute atomic E-state index is 13.8. The number of benzene rings is 1. The Morgan fingerprint density at radius 3 is 2.58 bits per heavy atom. The van der Waals surface area contributed by atoms with Crippen molar-refractivity contribution in [1.29, 1.82) is 0 Å². The Labute approximate surface area is 150 Å². The third-order valence-corrected chi connectivity index (χ3v) is 5.13. The van der Waals surface area contributed by atoms with Crippen LogP contribution in [0.4, 0.5) is 4.39 Å².